The second-order valence-corrected chi connectivity index (χ2v) is 0. The van der Waals surface area contributed by atoms with Crippen LogP contribution in [0.1, 0.15) is 0 Å². The van der Waals surface area contributed by atoms with E-state index in [0.29, 0.717) is 0 Å². The molecule has 0 spiro atoms. The van der Waals surface area contributed by atoms with Gasteiger partial charge in [0.25, 0.3) is 0 Å². The van der Waals surface area contributed by atoms with Gasteiger partial charge in [-0.1, -0.05) is 0 Å². The van der Waals surface area contributed by atoms with Crippen molar-refractivity contribution in [1.82, 2.24) is 0 Å². The molecule has 1 radical (unpaired) electrons. The van der Waals surface area contributed by atoms with Crippen LogP contribution < -0.4 is 0 Å². The smallest absolute Gasteiger partial charge is 3.00 e. The molecule has 0 saturated heterocycles. The Morgan fingerprint density at radius 2 is 0.625 bits per heavy atom. The van der Waals surface area contributed by atoms with E-state index in [1.54, 1.807) is 0 Å². The maximum atomic E-state index is 7.50. The molecule has 43 valence electrons. The first-order valence-electron chi connectivity index (χ1n) is 0.612. The molecule has 0 saturated carbocycles. The zero-order chi connectivity index (χ0) is 6.00. The SMILES string of the molecule is O.[C-]#[O+].[C-]#[O+].[C-]#[O+].[Ru+3]. The van der Waals surface area contributed by atoms with Crippen LogP contribution in [0.3, 0.4) is 0 Å². The van der Waals surface area contributed by atoms with Crippen molar-refractivity contribution in [3.63, 3.8) is 0 Å². The number of hydrogen-bond donors (Lipinski definition) is 0. The van der Waals surface area contributed by atoms with E-state index < -0.39 is 0 Å². The molecule has 0 fully saturated rings. The first-order valence-corrected chi connectivity index (χ1v) is 0.612. The van der Waals surface area contributed by atoms with Crippen molar-refractivity contribution in [3.05, 3.63) is 20.0 Å². The van der Waals surface area contributed by atoms with Crippen molar-refractivity contribution < 1.29 is 38.9 Å². The maximum absolute atomic E-state index is 7.50. The van der Waals surface area contributed by atoms with E-state index in [1.165, 1.54) is 0 Å². The minimum Gasteiger partial charge on any atom is 3.00 e. The fourth-order valence-electron chi connectivity index (χ4n) is 0. The molecule has 0 unspecified atom stereocenters. The molecule has 0 rings (SSSR count). The molecule has 0 aliphatic heterocycles. The van der Waals surface area contributed by atoms with Crippen LogP contribution in [0.2, 0.25) is 0 Å². The summed E-state index contributed by atoms with van der Waals surface area (Å²) >= 11 is 0. The van der Waals surface area contributed by atoms with E-state index in [-0.39, 0.29) is 25.0 Å². The number of hydrogen-bond acceptors (Lipinski definition) is 0. The van der Waals surface area contributed by atoms with Crippen molar-refractivity contribution in [2.24, 2.45) is 0 Å². The maximum Gasteiger partial charge on any atom is 3.00 e. The molecule has 0 aromatic carbocycles. The molecule has 0 heterocycles. The molecule has 0 aliphatic carbocycles. The third-order valence-corrected chi connectivity index (χ3v) is 0. The van der Waals surface area contributed by atoms with Crippen molar-refractivity contribution in [1.29, 1.82) is 0 Å². The Morgan fingerprint density at radius 1 is 0.625 bits per heavy atom. The van der Waals surface area contributed by atoms with Crippen LogP contribution >= 0.6 is 0 Å². The van der Waals surface area contributed by atoms with Crippen LogP contribution in [-0.4, -0.2) is 5.48 Å². The van der Waals surface area contributed by atoms with E-state index in [0.717, 1.165) is 0 Å². The standard InChI is InChI=1S/3CO.H2O.Ru/c3*1-2;;/h;;;1H2;/q;;;;+3. The van der Waals surface area contributed by atoms with Crippen molar-refractivity contribution >= 4 is 0 Å². The molecule has 5 heteroatoms. The number of rotatable bonds is 0. The molecular weight excluding hydrogens is 201 g/mol. The van der Waals surface area contributed by atoms with Gasteiger partial charge in [-0.25, -0.2) is 0 Å². The monoisotopic (exact) mass is 204 g/mol. The quantitative estimate of drug-likeness (QED) is 0.276. The summed E-state index contributed by atoms with van der Waals surface area (Å²) < 4.78 is 22.5. The normalized spacial score (nSPS) is 0.750. The fraction of sp³-hybridized carbons (Fsp3) is 0. The molecule has 0 bridgehead atoms. The van der Waals surface area contributed by atoms with Crippen molar-refractivity contribution in [2.75, 3.05) is 0 Å². The average Bonchev–Trinajstić information content (AvgIpc) is 1.81. The summed E-state index contributed by atoms with van der Waals surface area (Å²) in [4.78, 5) is 0. The van der Waals surface area contributed by atoms with Gasteiger partial charge in [-0.15, -0.1) is 0 Å². The Hall–Kier alpha value is -0.197. The molecule has 0 aliphatic rings. The van der Waals surface area contributed by atoms with Gasteiger partial charge in [0.15, 0.2) is 0 Å². The van der Waals surface area contributed by atoms with Gasteiger partial charge in [-0.3, -0.25) is 0 Å². The Kier molecular flexibility index (Phi) is 34000. The van der Waals surface area contributed by atoms with Gasteiger partial charge in [0.1, 0.15) is 0 Å². The predicted octanol–water partition coefficient (Wildman–Crippen LogP) is -0.940. The van der Waals surface area contributed by atoms with Crippen LogP contribution in [0.4, 0.5) is 0 Å². The molecule has 0 atom stereocenters. The van der Waals surface area contributed by atoms with Crippen LogP contribution in [0.15, 0.2) is 0 Å². The summed E-state index contributed by atoms with van der Waals surface area (Å²) in [6.45, 7) is 13.5. The zero-order valence-corrected chi connectivity index (χ0v) is 5.32. The first kappa shape index (κ1) is 46.0. The molecule has 4 nitrogen and oxygen atoms in total. The van der Waals surface area contributed by atoms with Gasteiger partial charge in [0.05, 0.1) is 0 Å². The van der Waals surface area contributed by atoms with E-state index in [1.807, 2.05) is 0 Å². The van der Waals surface area contributed by atoms with Gasteiger partial charge in [0, 0.05) is 0 Å². The van der Waals surface area contributed by atoms with Crippen LogP contribution in [0, 0.1) is 20.0 Å². The van der Waals surface area contributed by atoms with Crippen LogP contribution in [0.25, 0.3) is 0 Å². The van der Waals surface area contributed by atoms with E-state index in [9.17, 15) is 0 Å². The third kappa shape index (κ3) is 3460. The van der Waals surface area contributed by atoms with Crippen molar-refractivity contribution in [2.45, 2.75) is 0 Å². The van der Waals surface area contributed by atoms with Gasteiger partial charge in [0.2, 0.25) is 0 Å². The minimum atomic E-state index is 0. The van der Waals surface area contributed by atoms with Gasteiger partial charge < -0.3 is 5.48 Å². The summed E-state index contributed by atoms with van der Waals surface area (Å²) in [5, 5.41) is 0. The Morgan fingerprint density at radius 3 is 0.625 bits per heavy atom. The van der Waals surface area contributed by atoms with Crippen LogP contribution in [0.5, 0.6) is 0 Å². The average molecular weight is 203 g/mol. The largest absolute Gasteiger partial charge is 3.00 e. The summed E-state index contributed by atoms with van der Waals surface area (Å²) in [6, 6.07) is 0. The van der Waals surface area contributed by atoms with E-state index in [2.05, 4.69) is 20.0 Å². The summed E-state index contributed by atoms with van der Waals surface area (Å²) in [5.41, 5.74) is 0. The predicted molar refractivity (Wildman–Crippen MR) is 15.4 cm³/mol. The molecule has 0 aromatic rings. The summed E-state index contributed by atoms with van der Waals surface area (Å²) in [5.74, 6) is 0. The molecule has 8 heavy (non-hydrogen) atoms. The molecule has 0 amide bonds. The zero-order valence-electron chi connectivity index (χ0n) is 3.58. The fourth-order valence-corrected chi connectivity index (χ4v) is 0. The van der Waals surface area contributed by atoms with E-state index in [4.69, 9.17) is 14.0 Å². The van der Waals surface area contributed by atoms with E-state index >= 15 is 0 Å². The Labute approximate surface area is 59.5 Å². The Balaban J connectivity index is -0.00000000500. The second-order valence-electron chi connectivity index (χ2n) is 0. The third-order valence-electron chi connectivity index (χ3n) is 0. The first-order chi connectivity index (χ1) is 3.00. The molecule has 2 N–H and O–H groups in total. The van der Waals surface area contributed by atoms with Crippen molar-refractivity contribution in [3.8, 4) is 0 Å². The minimum absolute atomic E-state index is 0. The van der Waals surface area contributed by atoms with Gasteiger partial charge >= 0.3 is 53.4 Å². The molecular formula is C3H2O4Ru+3. The topological polar surface area (TPSA) is 91.2 Å². The van der Waals surface area contributed by atoms with Crippen LogP contribution in [-0.2, 0) is 33.4 Å². The van der Waals surface area contributed by atoms with Gasteiger partial charge in [-0.2, -0.15) is 0 Å². The molecule has 0 aromatic heterocycles. The van der Waals surface area contributed by atoms with Gasteiger partial charge in [-0.05, 0) is 0 Å². The second kappa shape index (κ2) is 5930. The Bertz CT molecular complexity index is 39.8. The summed E-state index contributed by atoms with van der Waals surface area (Å²) in [6.07, 6.45) is 0. The summed E-state index contributed by atoms with van der Waals surface area (Å²) in [7, 11) is 0.